The highest BCUT2D eigenvalue weighted by molar-refractivity contribution is 7.09. The number of aromatic nitrogens is 2. The summed E-state index contributed by atoms with van der Waals surface area (Å²) in [6.45, 7) is 2.27. The number of benzene rings is 2. The third kappa shape index (κ3) is 5.17. The van der Waals surface area contributed by atoms with Crippen molar-refractivity contribution >= 4 is 28.5 Å². The molecule has 1 fully saturated rings. The summed E-state index contributed by atoms with van der Waals surface area (Å²) in [4.78, 5) is 22.8. The second-order valence-electron chi connectivity index (χ2n) is 8.03. The van der Waals surface area contributed by atoms with Crippen molar-refractivity contribution in [2.75, 3.05) is 19.7 Å². The van der Waals surface area contributed by atoms with Gasteiger partial charge in [0, 0.05) is 24.7 Å². The highest BCUT2D eigenvalue weighted by atomic mass is 32.1. The molecule has 1 aliphatic rings. The van der Waals surface area contributed by atoms with Crippen molar-refractivity contribution in [3.05, 3.63) is 65.1 Å². The molecule has 0 N–H and O–H groups in total. The zero-order chi connectivity index (χ0) is 22.5. The van der Waals surface area contributed by atoms with E-state index in [1.54, 1.807) is 11.1 Å². The molecule has 3 heterocycles. The van der Waals surface area contributed by atoms with Gasteiger partial charge >= 0.3 is 6.09 Å². The van der Waals surface area contributed by atoms with Gasteiger partial charge in [0.05, 0.1) is 12.2 Å². The molecule has 1 aliphatic heterocycles. The number of oxazole rings is 1. The number of nitrogens with zero attached hydrogens (tertiary/aromatic N) is 3. The lowest BCUT2D eigenvalue weighted by Gasteiger charge is -2.31. The van der Waals surface area contributed by atoms with Gasteiger partial charge in [0.25, 0.3) is 0 Å². The lowest BCUT2D eigenvalue weighted by atomic mass is 9.94. The number of carbonyl (C=O) groups excluding carboxylic acids is 1. The van der Waals surface area contributed by atoms with Gasteiger partial charge < -0.3 is 18.8 Å². The molecule has 0 radical (unpaired) electrons. The van der Waals surface area contributed by atoms with Crippen LogP contribution in [0.3, 0.4) is 0 Å². The van der Waals surface area contributed by atoms with E-state index in [1.807, 2.05) is 53.9 Å². The van der Waals surface area contributed by atoms with Crippen molar-refractivity contribution in [3.63, 3.8) is 0 Å². The standard InChI is InChI=1S/C25H25N3O4S/c29-25(31-17-23-26-12-16-33-23)28-13-9-18(10-14-28)11-15-30-21-7-3-1-5-19(21)24-27-20-6-2-4-8-22(20)32-24/h1-8,12,16,18H,9-11,13-15,17H2. The van der Waals surface area contributed by atoms with Gasteiger partial charge in [0.15, 0.2) is 5.58 Å². The molecule has 0 saturated carbocycles. The molecule has 0 aliphatic carbocycles. The number of ether oxygens (including phenoxy) is 2. The van der Waals surface area contributed by atoms with E-state index in [9.17, 15) is 4.79 Å². The van der Waals surface area contributed by atoms with Crippen LogP contribution in [0.15, 0.2) is 64.5 Å². The molecule has 170 valence electrons. The third-order valence-corrected chi connectivity index (χ3v) is 6.62. The van der Waals surface area contributed by atoms with Crippen molar-refractivity contribution in [2.24, 2.45) is 5.92 Å². The number of likely N-dealkylation sites (tertiary alicyclic amines) is 1. The van der Waals surface area contributed by atoms with Gasteiger partial charge in [-0.15, -0.1) is 11.3 Å². The Hall–Kier alpha value is -3.39. The molecule has 2 aromatic carbocycles. The molecule has 0 spiro atoms. The van der Waals surface area contributed by atoms with E-state index in [4.69, 9.17) is 13.9 Å². The second kappa shape index (κ2) is 10.0. The van der Waals surface area contributed by atoms with Crippen LogP contribution in [-0.2, 0) is 11.3 Å². The molecule has 0 bridgehead atoms. The fourth-order valence-corrected chi connectivity index (χ4v) is 4.56. The van der Waals surface area contributed by atoms with Crippen LogP contribution in [0, 0.1) is 5.92 Å². The van der Waals surface area contributed by atoms with Crippen LogP contribution >= 0.6 is 11.3 Å². The molecule has 0 unspecified atom stereocenters. The number of hydrogen-bond acceptors (Lipinski definition) is 7. The Balaban J connectivity index is 1.11. The molecule has 1 amide bonds. The van der Waals surface area contributed by atoms with Crippen molar-refractivity contribution in [3.8, 4) is 17.2 Å². The zero-order valence-corrected chi connectivity index (χ0v) is 19.0. The Bertz CT molecular complexity index is 1170. The first-order valence-corrected chi connectivity index (χ1v) is 12.0. The Morgan fingerprint density at radius 2 is 1.94 bits per heavy atom. The molecular weight excluding hydrogens is 438 g/mol. The molecule has 0 atom stereocenters. The van der Waals surface area contributed by atoms with Crippen molar-refractivity contribution in [1.29, 1.82) is 0 Å². The summed E-state index contributed by atoms with van der Waals surface area (Å²) >= 11 is 1.49. The smallest absolute Gasteiger partial charge is 0.410 e. The Morgan fingerprint density at radius 1 is 1.12 bits per heavy atom. The average Bonchev–Trinajstić information content (AvgIpc) is 3.53. The SMILES string of the molecule is O=C(OCc1nccs1)N1CCC(CCOc2ccccc2-c2nc3ccccc3o2)CC1. The van der Waals surface area contributed by atoms with E-state index in [1.165, 1.54) is 11.3 Å². The van der Waals surface area contributed by atoms with Gasteiger partial charge in [-0.2, -0.15) is 0 Å². The number of hydrogen-bond donors (Lipinski definition) is 0. The zero-order valence-electron chi connectivity index (χ0n) is 18.2. The first-order valence-electron chi connectivity index (χ1n) is 11.1. The van der Waals surface area contributed by atoms with Crippen LogP contribution in [-0.4, -0.2) is 40.7 Å². The maximum atomic E-state index is 12.3. The van der Waals surface area contributed by atoms with Gasteiger partial charge in [-0.1, -0.05) is 24.3 Å². The molecule has 2 aromatic heterocycles. The number of fused-ring (bicyclic) bond motifs is 1. The number of thiazole rings is 1. The molecule has 1 saturated heterocycles. The first-order chi connectivity index (χ1) is 16.3. The van der Waals surface area contributed by atoms with Crippen LogP contribution in [0.4, 0.5) is 4.79 Å². The Labute approximate surface area is 196 Å². The summed E-state index contributed by atoms with van der Waals surface area (Å²) in [6, 6.07) is 15.6. The highest BCUT2D eigenvalue weighted by Gasteiger charge is 2.24. The Kier molecular flexibility index (Phi) is 6.53. The highest BCUT2D eigenvalue weighted by Crippen LogP contribution is 2.32. The number of para-hydroxylation sites is 3. The van der Waals surface area contributed by atoms with Crippen LogP contribution in [0.25, 0.3) is 22.6 Å². The van der Waals surface area contributed by atoms with E-state index >= 15 is 0 Å². The monoisotopic (exact) mass is 463 g/mol. The maximum Gasteiger partial charge on any atom is 0.410 e. The number of piperidine rings is 1. The van der Waals surface area contributed by atoms with E-state index in [0.29, 0.717) is 31.5 Å². The molecule has 4 aromatic rings. The minimum atomic E-state index is -0.257. The van der Waals surface area contributed by atoms with Gasteiger partial charge in [0.1, 0.15) is 22.9 Å². The molecular formula is C25H25N3O4S. The largest absolute Gasteiger partial charge is 0.493 e. The minimum absolute atomic E-state index is 0.240. The van der Waals surface area contributed by atoms with Gasteiger partial charge in [-0.3, -0.25) is 0 Å². The maximum absolute atomic E-state index is 12.3. The lowest BCUT2D eigenvalue weighted by molar-refractivity contribution is 0.0799. The summed E-state index contributed by atoms with van der Waals surface area (Å²) in [5.41, 5.74) is 2.45. The number of carbonyl (C=O) groups is 1. The van der Waals surface area contributed by atoms with Crippen LogP contribution < -0.4 is 4.74 Å². The molecule has 33 heavy (non-hydrogen) atoms. The average molecular weight is 464 g/mol. The number of rotatable bonds is 7. The molecule has 5 rings (SSSR count). The lowest BCUT2D eigenvalue weighted by Crippen LogP contribution is -2.39. The second-order valence-corrected chi connectivity index (χ2v) is 9.01. The van der Waals surface area contributed by atoms with Crippen molar-refractivity contribution in [1.82, 2.24) is 14.9 Å². The summed E-state index contributed by atoms with van der Waals surface area (Å²) in [6.07, 6.45) is 4.29. The predicted molar refractivity (Wildman–Crippen MR) is 126 cm³/mol. The summed E-state index contributed by atoms with van der Waals surface area (Å²) < 4.78 is 17.4. The fraction of sp³-hybridized carbons (Fsp3) is 0.320. The van der Waals surface area contributed by atoms with Gasteiger partial charge in [0.2, 0.25) is 5.89 Å². The van der Waals surface area contributed by atoms with Crippen molar-refractivity contribution in [2.45, 2.75) is 25.9 Å². The van der Waals surface area contributed by atoms with E-state index in [2.05, 4.69) is 9.97 Å². The fourth-order valence-electron chi connectivity index (χ4n) is 4.04. The minimum Gasteiger partial charge on any atom is -0.493 e. The van der Waals surface area contributed by atoms with E-state index in [0.717, 1.165) is 46.7 Å². The van der Waals surface area contributed by atoms with Crippen LogP contribution in [0.2, 0.25) is 0 Å². The van der Waals surface area contributed by atoms with E-state index < -0.39 is 0 Å². The van der Waals surface area contributed by atoms with Crippen LogP contribution in [0.5, 0.6) is 5.75 Å². The normalized spacial score (nSPS) is 14.5. The molecule has 7 nitrogen and oxygen atoms in total. The topological polar surface area (TPSA) is 77.7 Å². The third-order valence-electron chi connectivity index (χ3n) is 5.87. The van der Waals surface area contributed by atoms with Crippen LogP contribution in [0.1, 0.15) is 24.3 Å². The molecule has 8 heteroatoms. The van der Waals surface area contributed by atoms with Gasteiger partial charge in [-0.05, 0) is 49.4 Å². The van der Waals surface area contributed by atoms with Gasteiger partial charge in [-0.25, -0.2) is 14.8 Å². The van der Waals surface area contributed by atoms with Crippen molar-refractivity contribution < 1.29 is 18.7 Å². The summed E-state index contributed by atoms with van der Waals surface area (Å²) in [5, 5.41) is 2.69. The quantitative estimate of drug-likeness (QED) is 0.346. The first kappa shape index (κ1) is 21.5. The summed E-state index contributed by atoms with van der Waals surface area (Å²) in [5.74, 6) is 1.85. The number of amides is 1. The van der Waals surface area contributed by atoms with E-state index in [-0.39, 0.29) is 12.7 Å². The predicted octanol–water partition coefficient (Wildman–Crippen LogP) is 5.77. The summed E-state index contributed by atoms with van der Waals surface area (Å²) in [7, 11) is 0. The Morgan fingerprint density at radius 3 is 2.76 bits per heavy atom.